The van der Waals surface area contributed by atoms with E-state index < -0.39 is 0 Å². The van der Waals surface area contributed by atoms with E-state index in [9.17, 15) is 4.79 Å². The van der Waals surface area contributed by atoms with Gasteiger partial charge in [0.1, 0.15) is 0 Å². The maximum atomic E-state index is 11.3. The number of hydrogen-bond donors (Lipinski definition) is 0. The van der Waals surface area contributed by atoms with Gasteiger partial charge in [-0.1, -0.05) is 20.4 Å². The fraction of sp³-hybridized carbons (Fsp3) is 0.700. The van der Waals surface area contributed by atoms with E-state index in [1.165, 1.54) is 18.9 Å². The van der Waals surface area contributed by atoms with Gasteiger partial charge in [-0.05, 0) is 24.8 Å². The van der Waals surface area contributed by atoms with E-state index in [0.717, 1.165) is 6.54 Å². The van der Waals surface area contributed by atoms with Gasteiger partial charge in [-0.25, -0.2) is 0 Å². The lowest BCUT2D eigenvalue weighted by molar-refractivity contribution is -0.127. The predicted octanol–water partition coefficient (Wildman–Crippen LogP) is 1.82. The van der Waals surface area contributed by atoms with Gasteiger partial charge in [-0.2, -0.15) is 0 Å². The van der Waals surface area contributed by atoms with E-state index in [1.54, 1.807) is 0 Å². The summed E-state index contributed by atoms with van der Waals surface area (Å²) in [6.45, 7) is 8.64. The van der Waals surface area contributed by atoms with Crippen LogP contribution < -0.4 is 0 Å². The van der Waals surface area contributed by atoms with Gasteiger partial charge in [0, 0.05) is 12.6 Å². The third-order valence-electron chi connectivity index (χ3n) is 2.01. The van der Waals surface area contributed by atoms with E-state index in [0.29, 0.717) is 12.0 Å². The first kappa shape index (κ1) is 9.30. The molecule has 1 amide bonds. The minimum absolute atomic E-state index is 0.0891. The topological polar surface area (TPSA) is 20.3 Å². The summed E-state index contributed by atoms with van der Waals surface area (Å²) in [5.74, 6) is 0.640. The Kier molecular flexibility index (Phi) is 2.90. The van der Waals surface area contributed by atoms with Crippen molar-refractivity contribution < 1.29 is 4.79 Å². The first-order valence-corrected chi connectivity index (χ1v) is 4.58. The van der Waals surface area contributed by atoms with E-state index >= 15 is 0 Å². The number of nitrogens with zero attached hydrogens (tertiary/aromatic N) is 1. The largest absolute Gasteiger partial charge is 0.336 e. The Balaban J connectivity index is 2.48. The maximum Gasteiger partial charge on any atom is 0.246 e. The lowest BCUT2D eigenvalue weighted by atomic mass is 10.2. The van der Waals surface area contributed by atoms with Crippen molar-refractivity contribution in [2.45, 2.75) is 32.7 Å². The van der Waals surface area contributed by atoms with Crippen LogP contribution in [0, 0.1) is 5.92 Å². The zero-order valence-electron chi connectivity index (χ0n) is 7.92. The van der Waals surface area contributed by atoms with E-state index in [2.05, 4.69) is 20.4 Å². The molecule has 1 aliphatic carbocycles. The van der Waals surface area contributed by atoms with Gasteiger partial charge >= 0.3 is 0 Å². The molecule has 0 unspecified atom stereocenters. The van der Waals surface area contributed by atoms with Crippen LogP contribution in [0.3, 0.4) is 0 Å². The molecular formula is C10H17NO. The van der Waals surface area contributed by atoms with Crippen molar-refractivity contribution in [3.05, 3.63) is 12.7 Å². The molecule has 0 aromatic heterocycles. The Hall–Kier alpha value is -0.790. The Morgan fingerprint density at radius 1 is 1.67 bits per heavy atom. The molecule has 2 nitrogen and oxygen atoms in total. The molecule has 68 valence electrons. The standard InChI is InChI=1S/C10H17NO/c1-4-10(12)11(7-8(2)3)9-5-6-9/h4,8-9H,1,5-7H2,2-3H3. The van der Waals surface area contributed by atoms with Crippen molar-refractivity contribution in [3.8, 4) is 0 Å². The molecule has 12 heavy (non-hydrogen) atoms. The van der Waals surface area contributed by atoms with Crippen LogP contribution in [0.4, 0.5) is 0 Å². The van der Waals surface area contributed by atoms with Gasteiger partial charge in [0.05, 0.1) is 0 Å². The minimum Gasteiger partial charge on any atom is -0.336 e. The van der Waals surface area contributed by atoms with Crippen molar-refractivity contribution in [1.82, 2.24) is 4.90 Å². The smallest absolute Gasteiger partial charge is 0.246 e. The number of hydrogen-bond acceptors (Lipinski definition) is 1. The molecular weight excluding hydrogens is 150 g/mol. The van der Waals surface area contributed by atoms with Crippen molar-refractivity contribution in [2.75, 3.05) is 6.54 Å². The fourth-order valence-electron chi connectivity index (χ4n) is 1.32. The second kappa shape index (κ2) is 3.74. The SMILES string of the molecule is C=CC(=O)N(CC(C)C)C1CC1. The van der Waals surface area contributed by atoms with Crippen LogP contribution in [0.5, 0.6) is 0 Å². The quantitative estimate of drug-likeness (QED) is 0.585. The van der Waals surface area contributed by atoms with Gasteiger partial charge < -0.3 is 4.90 Å². The van der Waals surface area contributed by atoms with Crippen LogP contribution in [0.25, 0.3) is 0 Å². The summed E-state index contributed by atoms with van der Waals surface area (Å²) < 4.78 is 0. The van der Waals surface area contributed by atoms with Crippen LogP contribution in [0.1, 0.15) is 26.7 Å². The summed E-state index contributed by atoms with van der Waals surface area (Å²) in [6.07, 6.45) is 3.76. The third-order valence-corrected chi connectivity index (χ3v) is 2.01. The summed E-state index contributed by atoms with van der Waals surface area (Å²) in [4.78, 5) is 13.3. The van der Waals surface area contributed by atoms with Crippen molar-refractivity contribution in [1.29, 1.82) is 0 Å². The summed E-state index contributed by atoms with van der Waals surface area (Å²) in [5, 5.41) is 0. The highest BCUT2D eigenvalue weighted by molar-refractivity contribution is 5.87. The number of carbonyl (C=O) groups excluding carboxylic acids is 1. The molecule has 0 radical (unpaired) electrons. The molecule has 1 aliphatic rings. The molecule has 0 bridgehead atoms. The van der Waals surface area contributed by atoms with Crippen molar-refractivity contribution >= 4 is 5.91 Å². The van der Waals surface area contributed by atoms with Crippen molar-refractivity contribution in [2.24, 2.45) is 5.92 Å². The number of carbonyl (C=O) groups is 1. The highest BCUT2D eigenvalue weighted by Crippen LogP contribution is 2.27. The zero-order valence-corrected chi connectivity index (χ0v) is 7.92. The first-order chi connectivity index (χ1) is 5.65. The molecule has 2 heteroatoms. The van der Waals surface area contributed by atoms with Crippen LogP contribution in [-0.2, 0) is 4.79 Å². The maximum absolute atomic E-state index is 11.3. The molecule has 1 rings (SSSR count). The molecule has 1 saturated carbocycles. The Morgan fingerprint density at radius 2 is 2.25 bits per heavy atom. The van der Waals surface area contributed by atoms with Crippen molar-refractivity contribution in [3.63, 3.8) is 0 Å². The molecule has 0 atom stereocenters. The number of rotatable bonds is 4. The van der Waals surface area contributed by atoms with Gasteiger partial charge in [0.2, 0.25) is 5.91 Å². The van der Waals surface area contributed by atoms with E-state index in [-0.39, 0.29) is 5.91 Å². The Morgan fingerprint density at radius 3 is 2.58 bits per heavy atom. The highest BCUT2D eigenvalue weighted by Gasteiger charge is 2.31. The van der Waals surface area contributed by atoms with Gasteiger partial charge in [0.15, 0.2) is 0 Å². The van der Waals surface area contributed by atoms with Gasteiger partial charge in [0.25, 0.3) is 0 Å². The van der Waals surface area contributed by atoms with E-state index in [1.807, 2.05) is 4.90 Å². The second-order valence-electron chi connectivity index (χ2n) is 3.82. The molecule has 0 saturated heterocycles. The average molecular weight is 167 g/mol. The van der Waals surface area contributed by atoms with E-state index in [4.69, 9.17) is 0 Å². The number of amides is 1. The Labute approximate surface area is 74.2 Å². The predicted molar refractivity (Wildman–Crippen MR) is 49.8 cm³/mol. The summed E-state index contributed by atoms with van der Waals surface area (Å²) >= 11 is 0. The second-order valence-corrected chi connectivity index (χ2v) is 3.82. The Bertz CT molecular complexity index is 182. The normalized spacial score (nSPS) is 16.2. The monoisotopic (exact) mass is 167 g/mol. The third kappa shape index (κ3) is 2.36. The zero-order chi connectivity index (χ0) is 9.14. The summed E-state index contributed by atoms with van der Waals surface area (Å²) in [6, 6.07) is 0.512. The molecule has 0 aromatic rings. The lowest BCUT2D eigenvalue weighted by Crippen LogP contribution is -2.34. The molecule has 0 spiro atoms. The molecule has 0 heterocycles. The summed E-state index contributed by atoms with van der Waals surface area (Å²) in [7, 11) is 0. The average Bonchev–Trinajstić information content (AvgIpc) is 2.81. The highest BCUT2D eigenvalue weighted by atomic mass is 16.2. The molecule has 0 aromatic carbocycles. The van der Waals surface area contributed by atoms with Crippen LogP contribution >= 0.6 is 0 Å². The summed E-state index contributed by atoms with van der Waals surface area (Å²) in [5.41, 5.74) is 0. The minimum atomic E-state index is 0.0891. The molecule has 0 aliphatic heterocycles. The van der Waals surface area contributed by atoms with Gasteiger partial charge in [-0.3, -0.25) is 4.79 Å². The van der Waals surface area contributed by atoms with Crippen LogP contribution in [0.15, 0.2) is 12.7 Å². The molecule has 0 N–H and O–H groups in total. The lowest BCUT2D eigenvalue weighted by Gasteiger charge is -2.22. The first-order valence-electron chi connectivity index (χ1n) is 4.58. The molecule has 1 fully saturated rings. The fourth-order valence-corrected chi connectivity index (χ4v) is 1.32. The van der Waals surface area contributed by atoms with Crippen LogP contribution in [0.2, 0.25) is 0 Å². The van der Waals surface area contributed by atoms with Gasteiger partial charge in [-0.15, -0.1) is 0 Å². The van der Waals surface area contributed by atoms with Crippen LogP contribution in [-0.4, -0.2) is 23.4 Å².